The standard InChI is InChI=1S/C15H26N4OS/c1-3-13-11-18-14(21-13)7-8-17-15(16-4-2)19-10-12-6-5-9-20-12/h11-12H,3-10H2,1-2H3,(H2,16,17,19). The maximum absolute atomic E-state index is 5.60. The molecule has 0 aromatic carbocycles. The van der Waals surface area contributed by atoms with Crippen molar-refractivity contribution in [3.63, 3.8) is 0 Å². The molecule has 0 spiro atoms. The summed E-state index contributed by atoms with van der Waals surface area (Å²) in [6, 6.07) is 0. The lowest BCUT2D eigenvalue weighted by molar-refractivity contribution is 0.117. The third-order valence-corrected chi connectivity index (χ3v) is 4.60. The van der Waals surface area contributed by atoms with Gasteiger partial charge in [-0.3, -0.25) is 4.99 Å². The van der Waals surface area contributed by atoms with Gasteiger partial charge in [-0.15, -0.1) is 11.3 Å². The van der Waals surface area contributed by atoms with Gasteiger partial charge in [-0.25, -0.2) is 4.98 Å². The molecule has 2 rings (SSSR count). The van der Waals surface area contributed by atoms with E-state index in [0.717, 1.165) is 57.9 Å². The maximum atomic E-state index is 5.60. The van der Waals surface area contributed by atoms with Gasteiger partial charge in [0.25, 0.3) is 0 Å². The molecule has 1 saturated heterocycles. The van der Waals surface area contributed by atoms with Gasteiger partial charge in [-0.05, 0) is 26.2 Å². The van der Waals surface area contributed by atoms with Crippen molar-refractivity contribution in [1.82, 2.24) is 15.6 Å². The summed E-state index contributed by atoms with van der Waals surface area (Å²) in [5, 5.41) is 7.84. The van der Waals surface area contributed by atoms with Crippen LogP contribution in [0.15, 0.2) is 11.2 Å². The quantitative estimate of drug-likeness (QED) is 0.597. The van der Waals surface area contributed by atoms with Crippen LogP contribution in [-0.4, -0.2) is 43.3 Å². The zero-order chi connectivity index (χ0) is 14.9. The lowest BCUT2D eigenvalue weighted by Gasteiger charge is -2.12. The highest BCUT2D eigenvalue weighted by atomic mass is 32.1. The largest absolute Gasteiger partial charge is 0.376 e. The van der Waals surface area contributed by atoms with Crippen LogP contribution in [0.4, 0.5) is 0 Å². The fourth-order valence-corrected chi connectivity index (χ4v) is 3.10. The number of guanidine groups is 1. The number of ether oxygens (including phenoxy) is 1. The molecule has 1 fully saturated rings. The fourth-order valence-electron chi connectivity index (χ4n) is 2.24. The molecule has 0 amide bonds. The number of thiazole rings is 1. The van der Waals surface area contributed by atoms with Crippen LogP contribution in [0.3, 0.4) is 0 Å². The molecule has 118 valence electrons. The summed E-state index contributed by atoms with van der Waals surface area (Å²) in [4.78, 5) is 10.4. The second kappa shape index (κ2) is 9.00. The van der Waals surface area contributed by atoms with Gasteiger partial charge in [-0.2, -0.15) is 0 Å². The summed E-state index contributed by atoms with van der Waals surface area (Å²) in [6.45, 7) is 7.59. The van der Waals surface area contributed by atoms with Crippen molar-refractivity contribution in [2.45, 2.75) is 45.6 Å². The molecule has 1 aromatic heterocycles. The van der Waals surface area contributed by atoms with Gasteiger partial charge in [0.05, 0.1) is 17.7 Å². The molecule has 1 atom stereocenters. The summed E-state index contributed by atoms with van der Waals surface area (Å²) in [7, 11) is 0. The number of hydrogen-bond acceptors (Lipinski definition) is 4. The summed E-state index contributed by atoms with van der Waals surface area (Å²) < 4.78 is 5.60. The van der Waals surface area contributed by atoms with Crippen LogP contribution in [0.25, 0.3) is 0 Å². The van der Waals surface area contributed by atoms with Crippen molar-refractivity contribution in [3.05, 3.63) is 16.1 Å². The van der Waals surface area contributed by atoms with Crippen LogP contribution in [0, 0.1) is 0 Å². The van der Waals surface area contributed by atoms with E-state index in [1.165, 1.54) is 9.88 Å². The molecule has 2 N–H and O–H groups in total. The van der Waals surface area contributed by atoms with Crippen molar-refractivity contribution in [2.24, 2.45) is 4.99 Å². The van der Waals surface area contributed by atoms with Crippen LogP contribution in [0.1, 0.15) is 36.6 Å². The Morgan fingerprint density at radius 2 is 2.38 bits per heavy atom. The van der Waals surface area contributed by atoms with Gasteiger partial charge in [-0.1, -0.05) is 6.92 Å². The first-order valence-corrected chi connectivity index (χ1v) is 8.70. The minimum absolute atomic E-state index is 0.298. The highest BCUT2D eigenvalue weighted by Crippen LogP contribution is 2.13. The third-order valence-electron chi connectivity index (χ3n) is 3.40. The Morgan fingerprint density at radius 3 is 3.05 bits per heavy atom. The highest BCUT2D eigenvalue weighted by molar-refractivity contribution is 7.11. The second-order valence-electron chi connectivity index (χ2n) is 5.11. The SMILES string of the molecule is CCNC(=NCC1CCCO1)NCCc1ncc(CC)s1. The molecule has 1 unspecified atom stereocenters. The van der Waals surface area contributed by atoms with Gasteiger partial charge >= 0.3 is 0 Å². The maximum Gasteiger partial charge on any atom is 0.191 e. The summed E-state index contributed by atoms with van der Waals surface area (Å²) in [5.41, 5.74) is 0. The molecule has 2 heterocycles. The Hall–Kier alpha value is -1.14. The van der Waals surface area contributed by atoms with Crippen molar-refractivity contribution in [1.29, 1.82) is 0 Å². The highest BCUT2D eigenvalue weighted by Gasteiger charge is 2.14. The zero-order valence-electron chi connectivity index (χ0n) is 13.0. The lowest BCUT2D eigenvalue weighted by atomic mass is 10.2. The predicted molar refractivity (Wildman–Crippen MR) is 88.2 cm³/mol. The minimum Gasteiger partial charge on any atom is -0.376 e. The normalized spacial score (nSPS) is 19.0. The van der Waals surface area contributed by atoms with E-state index >= 15 is 0 Å². The number of hydrogen-bond donors (Lipinski definition) is 2. The number of aromatic nitrogens is 1. The van der Waals surface area contributed by atoms with Gasteiger partial charge in [0.1, 0.15) is 0 Å². The number of aryl methyl sites for hydroxylation is 1. The first kappa shape index (κ1) is 16.2. The first-order valence-electron chi connectivity index (χ1n) is 7.89. The Bertz CT molecular complexity index is 441. The van der Waals surface area contributed by atoms with E-state index < -0.39 is 0 Å². The van der Waals surface area contributed by atoms with Crippen LogP contribution >= 0.6 is 11.3 Å². The predicted octanol–water partition coefficient (Wildman–Crippen LogP) is 1.98. The van der Waals surface area contributed by atoms with E-state index in [0.29, 0.717) is 6.10 Å². The molecule has 1 aliphatic rings. The molecule has 21 heavy (non-hydrogen) atoms. The Labute approximate surface area is 131 Å². The Balaban J connectivity index is 1.74. The number of aliphatic imine (C=N–C) groups is 1. The van der Waals surface area contributed by atoms with Crippen molar-refractivity contribution < 1.29 is 4.74 Å². The Morgan fingerprint density at radius 1 is 1.48 bits per heavy atom. The molecular weight excluding hydrogens is 284 g/mol. The first-order chi connectivity index (χ1) is 10.3. The number of rotatable bonds is 7. The van der Waals surface area contributed by atoms with Gasteiger partial charge in [0.2, 0.25) is 0 Å². The van der Waals surface area contributed by atoms with E-state index in [-0.39, 0.29) is 0 Å². The topological polar surface area (TPSA) is 58.5 Å². The van der Waals surface area contributed by atoms with Crippen molar-refractivity contribution >= 4 is 17.3 Å². The van der Waals surface area contributed by atoms with E-state index in [2.05, 4.69) is 34.5 Å². The van der Waals surface area contributed by atoms with E-state index in [1.807, 2.05) is 6.20 Å². The summed E-state index contributed by atoms with van der Waals surface area (Å²) >= 11 is 1.80. The van der Waals surface area contributed by atoms with Crippen molar-refractivity contribution in [2.75, 3.05) is 26.2 Å². The number of nitrogens with zero attached hydrogens (tertiary/aromatic N) is 2. The second-order valence-corrected chi connectivity index (χ2v) is 6.31. The molecule has 0 aliphatic carbocycles. The monoisotopic (exact) mass is 310 g/mol. The third kappa shape index (κ3) is 5.63. The average Bonchev–Trinajstić information content (AvgIpc) is 3.16. The van der Waals surface area contributed by atoms with Gasteiger partial charge in [0, 0.05) is 37.2 Å². The molecule has 6 heteroatoms. The summed E-state index contributed by atoms with van der Waals surface area (Å²) in [6.07, 6.45) is 6.57. The average molecular weight is 310 g/mol. The minimum atomic E-state index is 0.298. The Kier molecular flexibility index (Phi) is 6.95. The molecule has 0 saturated carbocycles. The van der Waals surface area contributed by atoms with Crippen LogP contribution in [0.2, 0.25) is 0 Å². The molecule has 1 aliphatic heterocycles. The number of nitrogens with one attached hydrogen (secondary N) is 2. The van der Waals surface area contributed by atoms with E-state index in [4.69, 9.17) is 4.74 Å². The van der Waals surface area contributed by atoms with Gasteiger partial charge < -0.3 is 15.4 Å². The molecule has 0 radical (unpaired) electrons. The lowest BCUT2D eigenvalue weighted by Crippen LogP contribution is -2.38. The van der Waals surface area contributed by atoms with Crippen LogP contribution in [0.5, 0.6) is 0 Å². The summed E-state index contributed by atoms with van der Waals surface area (Å²) in [5.74, 6) is 0.875. The van der Waals surface area contributed by atoms with E-state index in [9.17, 15) is 0 Å². The van der Waals surface area contributed by atoms with Gasteiger partial charge in [0.15, 0.2) is 5.96 Å². The molecule has 0 bridgehead atoms. The van der Waals surface area contributed by atoms with Crippen molar-refractivity contribution in [3.8, 4) is 0 Å². The molecule has 5 nitrogen and oxygen atoms in total. The fraction of sp³-hybridized carbons (Fsp3) is 0.733. The molecular formula is C15H26N4OS. The van der Waals surface area contributed by atoms with E-state index in [1.54, 1.807) is 11.3 Å². The zero-order valence-corrected chi connectivity index (χ0v) is 13.8. The van der Waals surface area contributed by atoms with Crippen LogP contribution < -0.4 is 10.6 Å². The molecule has 1 aromatic rings. The van der Waals surface area contributed by atoms with Crippen LogP contribution in [-0.2, 0) is 17.6 Å². The smallest absolute Gasteiger partial charge is 0.191 e.